The minimum absolute atomic E-state index is 0.0139. The number of benzene rings is 1. The van der Waals surface area contributed by atoms with Crippen LogP contribution in [0.2, 0.25) is 0 Å². The Hall–Kier alpha value is -3.13. The van der Waals surface area contributed by atoms with E-state index in [2.05, 4.69) is 10.2 Å². The van der Waals surface area contributed by atoms with E-state index in [0.29, 0.717) is 44.6 Å². The number of fused-ring (bicyclic) bond motifs is 1. The van der Waals surface area contributed by atoms with Crippen molar-refractivity contribution in [3.8, 4) is 0 Å². The van der Waals surface area contributed by atoms with E-state index >= 15 is 0 Å². The molecule has 2 aliphatic carbocycles. The molecule has 8 heteroatoms. The summed E-state index contributed by atoms with van der Waals surface area (Å²) in [6.07, 6.45) is 6.80. The van der Waals surface area contributed by atoms with Gasteiger partial charge in [-0.1, -0.05) is 18.2 Å². The molecule has 1 atom stereocenters. The number of hydrogen-bond acceptors (Lipinski definition) is 5. The van der Waals surface area contributed by atoms with Gasteiger partial charge in [-0.15, -0.1) is 0 Å². The molecule has 2 fully saturated rings. The molecule has 31 heavy (non-hydrogen) atoms. The molecule has 7 nitrogen and oxygen atoms in total. The van der Waals surface area contributed by atoms with Crippen molar-refractivity contribution in [1.82, 2.24) is 9.80 Å². The lowest BCUT2D eigenvalue weighted by Gasteiger charge is -2.35. The Kier molecular flexibility index (Phi) is 4.62. The lowest BCUT2D eigenvalue weighted by atomic mass is 9.89. The number of piperazine rings is 1. The largest absolute Gasteiger partial charge is 0.380 e. The number of allylic oxidation sites excluding steroid dienone is 4. The van der Waals surface area contributed by atoms with E-state index in [4.69, 9.17) is 0 Å². The predicted octanol–water partition coefficient (Wildman–Crippen LogP) is 2.03. The van der Waals surface area contributed by atoms with Gasteiger partial charge in [0.25, 0.3) is 11.8 Å². The Balaban J connectivity index is 1.27. The van der Waals surface area contributed by atoms with Crippen molar-refractivity contribution in [2.45, 2.75) is 25.4 Å². The fourth-order valence-corrected chi connectivity index (χ4v) is 4.20. The van der Waals surface area contributed by atoms with E-state index in [1.807, 2.05) is 25.2 Å². The van der Waals surface area contributed by atoms with Crippen LogP contribution in [-0.2, 0) is 4.79 Å². The highest BCUT2D eigenvalue weighted by Gasteiger charge is 2.50. The van der Waals surface area contributed by atoms with Crippen LogP contribution in [0.25, 0.3) is 5.57 Å². The number of carbonyl (C=O) groups is 2. The molecule has 0 bridgehead atoms. The third-order valence-corrected chi connectivity index (χ3v) is 6.37. The first kappa shape index (κ1) is 19.8. The maximum atomic E-state index is 14.9. The molecule has 2 amide bonds. The van der Waals surface area contributed by atoms with Gasteiger partial charge in [-0.2, -0.15) is 10.2 Å². The van der Waals surface area contributed by atoms with Crippen LogP contribution in [-0.4, -0.2) is 69.9 Å². The molecule has 1 saturated carbocycles. The summed E-state index contributed by atoms with van der Waals surface area (Å²) in [4.78, 5) is 28.2. The summed E-state index contributed by atoms with van der Waals surface area (Å²) in [6.45, 7) is 3.24. The first-order valence-corrected chi connectivity index (χ1v) is 10.5. The maximum absolute atomic E-state index is 14.9. The van der Waals surface area contributed by atoms with Crippen molar-refractivity contribution in [1.29, 1.82) is 0 Å². The van der Waals surface area contributed by atoms with Crippen LogP contribution < -0.4 is 0 Å². The van der Waals surface area contributed by atoms with Gasteiger partial charge in [0.1, 0.15) is 11.4 Å². The summed E-state index contributed by atoms with van der Waals surface area (Å²) in [7, 11) is 0. The van der Waals surface area contributed by atoms with E-state index < -0.39 is 17.3 Å². The van der Waals surface area contributed by atoms with Crippen molar-refractivity contribution in [2.24, 2.45) is 16.1 Å². The molecule has 1 unspecified atom stereocenters. The second-order valence-corrected chi connectivity index (χ2v) is 8.51. The van der Waals surface area contributed by atoms with Gasteiger partial charge in [-0.05, 0) is 49.1 Å². The molecule has 2 heterocycles. The van der Waals surface area contributed by atoms with Crippen LogP contribution in [0.4, 0.5) is 4.39 Å². The summed E-state index contributed by atoms with van der Waals surface area (Å²) < 4.78 is 14.9. The van der Waals surface area contributed by atoms with E-state index in [0.717, 1.165) is 17.0 Å². The zero-order chi connectivity index (χ0) is 21.8. The highest BCUT2D eigenvalue weighted by atomic mass is 19.1. The number of aliphatic hydroxyl groups is 1. The number of nitrogens with zero attached hydrogens (tertiary/aromatic N) is 4. The third-order valence-electron chi connectivity index (χ3n) is 6.37. The molecule has 160 valence electrons. The Labute approximate surface area is 179 Å². The molecule has 2 aliphatic heterocycles. The van der Waals surface area contributed by atoms with Crippen LogP contribution >= 0.6 is 0 Å². The highest BCUT2D eigenvalue weighted by molar-refractivity contribution is 6.19. The van der Waals surface area contributed by atoms with E-state index in [1.165, 1.54) is 12.1 Å². The lowest BCUT2D eigenvalue weighted by Crippen LogP contribution is -2.53. The van der Waals surface area contributed by atoms with E-state index in [-0.39, 0.29) is 17.4 Å². The van der Waals surface area contributed by atoms with Gasteiger partial charge in [0, 0.05) is 26.2 Å². The van der Waals surface area contributed by atoms with Gasteiger partial charge in [0.15, 0.2) is 0 Å². The van der Waals surface area contributed by atoms with Gasteiger partial charge in [0.2, 0.25) is 0 Å². The first-order valence-electron chi connectivity index (χ1n) is 10.5. The van der Waals surface area contributed by atoms with Crippen LogP contribution in [0.5, 0.6) is 0 Å². The first-order chi connectivity index (χ1) is 14.9. The molecule has 0 spiro atoms. The average molecular weight is 422 g/mol. The molecule has 0 aromatic heterocycles. The highest BCUT2D eigenvalue weighted by Crippen LogP contribution is 2.37. The zero-order valence-corrected chi connectivity index (χ0v) is 17.2. The Bertz CT molecular complexity index is 1090. The predicted molar refractivity (Wildman–Crippen MR) is 114 cm³/mol. The van der Waals surface area contributed by atoms with Crippen LogP contribution in [0.1, 0.15) is 35.7 Å². The number of rotatable bonds is 3. The van der Waals surface area contributed by atoms with Gasteiger partial charge in [-0.25, -0.2) is 4.39 Å². The summed E-state index contributed by atoms with van der Waals surface area (Å²) >= 11 is 0. The van der Waals surface area contributed by atoms with Crippen LogP contribution in [0, 0.1) is 11.7 Å². The van der Waals surface area contributed by atoms with Crippen molar-refractivity contribution < 1.29 is 19.1 Å². The van der Waals surface area contributed by atoms with Crippen LogP contribution in [0.3, 0.4) is 0 Å². The van der Waals surface area contributed by atoms with Gasteiger partial charge in [-0.3, -0.25) is 9.59 Å². The second-order valence-electron chi connectivity index (χ2n) is 8.51. The molecular formula is C23H23FN4O3. The molecular weight excluding hydrogens is 399 g/mol. The summed E-state index contributed by atoms with van der Waals surface area (Å²) in [5.41, 5.74) is 2.07. The number of hydrogen-bond donors (Lipinski definition) is 1. The maximum Gasteiger partial charge on any atom is 0.256 e. The smallest absolute Gasteiger partial charge is 0.256 e. The summed E-state index contributed by atoms with van der Waals surface area (Å²) in [6, 6.07) is 4.62. The fourth-order valence-electron chi connectivity index (χ4n) is 4.20. The molecule has 1 N–H and O–H groups in total. The number of carbonyl (C=O) groups excluding carboxylic acids is 2. The fraction of sp³-hybridized carbons (Fsp3) is 0.391. The van der Waals surface area contributed by atoms with Crippen molar-refractivity contribution >= 4 is 28.8 Å². The summed E-state index contributed by atoms with van der Waals surface area (Å²) in [5.74, 6) is -1.15. The minimum atomic E-state index is -1.20. The van der Waals surface area contributed by atoms with Crippen molar-refractivity contribution in [2.75, 3.05) is 26.2 Å². The summed E-state index contributed by atoms with van der Waals surface area (Å²) in [5, 5.41) is 18.2. The average Bonchev–Trinajstić information content (AvgIpc) is 3.44. The zero-order valence-electron chi connectivity index (χ0n) is 17.2. The molecule has 1 aromatic rings. The molecule has 1 saturated heterocycles. The molecule has 4 aliphatic rings. The standard InChI is InChI=1S/C23H23FN4O3/c1-14-17-4-2-16(13-20(17)26-25-14)15-3-5-18(19(24)12-15)21(29)27-8-10-28(11-9-27)22(30)23(31)6-7-23/h2-5,12-13,17,31H,6-11H2,1H3. The van der Waals surface area contributed by atoms with Crippen LogP contribution in [0.15, 0.2) is 46.6 Å². The van der Waals surface area contributed by atoms with Crippen molar-refractivity contribution in [3.05, 3.63) is 53.4 Å². The normalized spacial score (nSPS) is 23.7. The number of amides is 2. The molecule has 5 rings (SSSR count). The van der Waals surface area contributed by atoms with Gasteiger partial charge >= 0.3 is 0 Å². The van der Waals surface area contributed by atoms with Gasteiger partial charge in [0.05, 0.1) is 22.9 Å². The Morgan fingerprint density at radius 2 is 1.84 bits per heavy atom. The van der Waals surface area contributed by atoms with Gasteiger partial charge < -0.3 is 14.9 Å². The second kappa shape index (κ2) is 7.23. The minimum Gasteiger partial charge on any atom is -0.380 e. The SMILES string of the molecule is CC1=NN=C2C=C(c3ccc(C(=O)N4CCN(C(=O)C5(O)CC5)CC4)c(F)c3)C=CC12. The van der Waals surface area contributed by atoms with E-state index in [1.54, 1.807) is 15.9 Å². The Morgan fingerprint density at radius 1 is 1.13 bits per heavy atom. The van der Waals surface area contributed by atoms with E-state index in [9.17, 15) is 19.1 Å². The topological polar surface area (TPSA) is 85.6 Å². The molecule has 1 aromatic carbocycles. The third kappa shape index (κ3) is 3.50. The monoisotopic (exact) mass is 422 g/mol. The Morgan fingerprint density at radius 3 is 2.52 bits per heavy atom. The number of halogens is 1. The quantitative estimate of drug-likeness (QED) is 0.809. The van der Waals surface area contributed by atoms with Crippen molar-refractivity contribution in [3.63, 3.8) is 0 Å². The molecule has 0 radical (unpaired) electrons. The lowest BCUT2D eigenvalue weighted by molar-refractivity contribution is -0.143.